The molecule has 0 unspecified atom stereocenters. The first-order valence-corrected chi connectivity index (χ1v) is 4.01. The molecule has 0 aliphatic rings. The summed E-state index contributed by atoms with van der Waals surface area (Å²) < 4.78 is 13.8. The summed E-state index contributed by atoms with van der Waals surface area (Å²) in [6, 6.07) is 0. The molecule has 5 nitrogen and oxygen atoms in total. The molecule has 6 heteroatoms. The van der Waals surface area contributed by atoms with E-state index in [4.69, 9.17) is 5.11 Å². The Morgan fingerprint density at radius 1 is 1.71 bits per heavy atom. The zero-order valence-corrected chi connectivity index (χ0v) is 7.53. The van der Waals surface area contributed by atoms with Crippen molar-refractivity contribution in [1.29, 1.82) is 0 Å². The maximum absolute atomic E-state index is 13.1. The van der Waals surface area contributed by atoms with Gasteiger partial charge in [-0.15, -0.1) is 0 Å². The molecule has 0 bridgehead atoms. The van der Waals surface area contributed by atoms with Crippen molar-refractivity contribution in [2.45, 2.75) is 19.9 Å². The van der Waals surface area contributed by atoms with E-state index in [-0.39, 0.29) is 5.69 Å². The Balaban J connectivity index is 3.17. The van der Waals surface area contributed by atoms with Gasteiger partial charge in [0, 0.05) is 0 Å². The predicted molar refractivity (Wildman–Crippen MR) is 45.5 cm³/mol. The van der Waals surface area contributed by atoms with Crippen LogP contribution < -0.4 is 5.56 Å². The first-order valence-electron chi connectivity index (χ1n) is 4.01. The van der Waals surface area contributed by atoms with Gasteiger partial charge in [-0.25, -0.2) is 4.98 Å². The summed E-state index contributed by atoms with van der Waals surface area (Å²) in [5.74, 6) is -2.19. The smallest absolute Gasteiger partial charge is 0.323 e. The topological polar surface area (TPSA) is 72.2 Å². The lowest BCUT2D eigenvalue weighted by atomic mass is 10.3. The van der Waals surface area contributed by atoms with E-state index in [0.29, 0.717) is 6.42 Å². The molecular formula is C8H9FN2O3. The second-order valence-corrected chi connectivity index (χ2v) is 2.69. The number of halogens is 1. The Kier molecular flexibility index (Phi) is 2.95. The van der Waals surface area contributed by atoms with E-state index in [1.807, 2.05) is 0 Å². The van der Waals surface area contributed by atoms with Crippen molar-refractivity contribution >= 4 is 5.97 Å². The number of carbonyl (C=O) groups is 1. The van der Waals surface area contributed by atoms with Crippen molar-refractivity contribution in [1.82, 2.24) is 9.55 Å². The molecule has 0 spiro atoms. The number of hydrogen-bond acceptors (Lipinski definition) is 3. The molecule has 0 saturated heterocycles. The number of aromatic nitrogens is 2. The number of nitrogens with zero attached hydrogens (tertiary/aromatic N) is 2. The van der Waals surface area contributed by atoms with Crippen LogP contribution in [0.1, 0.15) is 12.6 Å². The second-order valence-electron chi connectivity index (χ2n) is 2.69. The van der Waals surface area contributed by atoms with E-state index in [1.54, 1.807) is 6.92 Å². The fourth-order valence-electron chi connectivity index (χ4n) is 1.00. The molecule has 0 saturated carbocycles. The Hall–Kier alpha value is -1.72. The van der Waals surface area contributed by atoms with Crippen LogP contribution >= 0.6 is 0 Å². The third-order valence-corrected chi connectivity index (χ3v) is 1.70. The lowest BCUT2D eigenvalue weighted by Crippen LogP contribution is -2.28. The van der Waals surface area contributed by atoms with Crippen molar-refractivity contribution in [3.05, 3.63) is 28.2 Å². The van der Waals surface area contributed by atoms with E-state index in [0.717, 1.165) is 10.9 Å². The monoisotopic (exact) mass is 200 g/mol. The largest absolute Gasteiger partial charge is 0.480 e. The standard InChI is InChI=1S/C8H9FN2O3/c1-2-5-7(9)8(14)11(4-10-5)3-6(12)13/h4H,2-3H2,1H3,(H,12,13). The SMILES string of the molecule is CCc1ncn(CC(=O)O)c(=O)c1F. The molecule has 76 valence electrons. The first kappa shape index (κ1) is 10.4. The van der Waals surface area contributed by atoms with Crippen molar-refractivity contribution in [3.63, 3.8) is 0 Å². The van der Waals surface area contributed by atoms with Crippen molar-refractivity contribution in [2.24, 2.45) is 0 Å². The summed E-state index contributed by atoms with van der Waals surface area (Å²) in [6.45, 7) is 1.08. The van der Waals surface area contributed by atoms with Crippen LogP contribution in [-0.4, -0.2) is 20.6 Å². The minimum atomic E-state index is -1.21. The van der Waals surface area contributed by atoms with Gasteiger partial charge in [-0.05, 0) is 6.42 Å². The van der Waals surface area contributed by atoms with Crippen molar-refractivity contribution < 1.29 is 14.3 Å². The van der Waals surface area contributed by atoms with Crippen LogP contribution in [0.3, 0.4) is 0 Å². The zero-order valence-electron chi connectivity index (χ0n) is 7.53. The molecule has 0 aliphatic carbocycles. The highest BCUT2D eigenvalue weighted by molar-refractivity contribution is 5.66. The Labute approximate surface area is 78.8 Å². The first-order chi connectivity index (χ1) is 6.56. The predicted octanol–water partition coefficient (Wildman–Crippen LogP) is 0.0294. The van der Waals surface area contributed by atoms with Crippen LogP contribution in [0, 0.1) is 5.82 Å². The summed E-state index contributed by atoms with van der Waals surface area (Å²) in [5.41, 5.74) is -0.893. The third kappa shape index (κ3) is 1.95. The van der Waals surface area contributed by atoms with Gasteiger partial charge in [0.05, 0.1) is 12.0 Å². The average molecular weight is 200 g/mol. The molecule has 0 aromatic carbocycles. The molecule has 1 heterocycles. The van der Waals surface area contributed by atoms with Gasteiger partial charge >= 0.3 is 5.97 Å². The maximum atomic E-state index is 13.1. The number of hydrogen-bond donors (Lipinski definition) is 1. The van der Waals surface area contributed by atoms with Gasteiger partial charge in [-0.1, -0.05) is 6.92 Å². The third-order valence-electron chi connectivity index (χ3n) is 1.70. The number of rotatable bonds is 3. The molecule has 1 N–H and O–H groups in total. The van der Waals surface area contributed by atoms with Crippen LogP contribution in [0.2, 0.25) is 0 Å². The Morgan fingerprint density at radius 2 is 2.36 bits per heavy atom. The van der Waals surface area contributed by atoms with Crippen LogP contribution in [0.5, 0.6) is 0 Å². The summed E-state index contributed by atoms with van der Waals surface area (Å²) in [7, 11) is 0. The Morgan fingerprint density at radius 3 is 2.86 bits per heavy atom. The van der Waals surface area contributed by atoms with Crippen LogP contribution in [0.4, 0.5) is 4.39 Å². The lowest BCUT2D eigenvalue weighted by molar-refractivity contribution is -0.137. The highest BCUT2D eigenvalue weighted by Gasteiger charge is 2.10. The van der Waals surface area contributed by atoms with Gasteiger partial charge < -0.3 is 5.11 Å². The molecule has 0 aliphatic heterocycles. The summed E-state index contributed by atoms with van der Waals surface area (Å²) in [5, 5.41) is 8.40. The van der Waals surface area contributed by atoms with Gasteiger partial charge in [0.15, 0.2) is 0 Å². The lowest BCUT2D eigenvalue weighted by Gasteiger charge is -2.03. The zero-order chi connectivity index (χ0) is 10.7. The fraction of sp³-hybridized carbons (Fsp3) is 0.375. The molecule has 0 fully saturated rings. The summed E-state index contributed by atoms with van der Waals surface area (Å²) in [6.07, 6.45) is 1.34. The Bertz CT molecular complexity index is 414. The maximum Gasteiger partial charge on any atom is 0.323 e. The molecule has 1 aromatic rings. The van der Waals surface area contributed by atoms with Crippen LogP contribution in [0.15, 0.2) is 11.1 Å². The van der Waals surface area contributed by atoms with E-state index < -0.39 is 23.9 Å². The molecule has 14 heavy (non-hydrogen) atoms. The van der Waals surface area contributed by atoms with E-state index in [2.05, 4.69) is 4.98 Å². The van der Waals surface area contributed by atoms with E-state index >= 15 is 0 Å². The quantitative estimate of drug-likeness (QED) is 0.747. The highest BCUT2D eigenvalue weighted by atomic mass is 19.1. The summed E-state index contributed by atoms with van der Waals surface area (Å²) >= 11 is 0. The van der Waals surface area contributed by atoms with Gasteiger partial charge in [0.1, 0.15) is 6.54 Å². The molecule has 0 atom stereocenters. The van der Waals surface area contributed by atoms with Gasteiger partial charge in [0.2, 0.25) is 5.82 Å². The van der Waals surface area contributed by atoms with E-state index in [1.165, 1.54) is 0 Å². The fourth-order valence-corrected chi connectivity index (χ4v) is 1.00. The molecule has 1 aromatic heterocycles. The average Bonchev–Trinajstić information content (AvgIpc) is 2.13. The van der Waals surface area contributed by atoms with Crippen LogP contribution in [0.25, 0.3) is 0 Å². The highest BCUT2D eigenvalue weighted by Crippen LogP contribution is 1.97. The minimum Gasteiger partial charge on any atom is -0.480 e. The van der Waals surface area contributed by atoms with Crippen molar-refractivity contribution in [2.75, 3.05) is 0 Å². The molecule has 1 rings (SSSR count). The van der Waals surface area contributed by atoms with E-state index in [9.17, 15) is 14.0 Å². The normalized spacial score (nSPS) is 10.1. The number of aliphatic carboxylic acids is 1. The number of carboxylic acids is 1. The molecule has 0 radical (unpaired) electrons. The van der Waals surface area contributed by atoms with Crippen LogP contribution in [-0.2, 0) is 17.8 Å². The van der Waals surface area contributed by atoms with Crippen molar-refractivity contribution in [3.8, 4) is 0 Å². The summed E-state index contributed by atoms with van der Waals surface area (Å²) in [4.78, 5) is 25.1. The molecule has 0 amide bonds. The minimum absolute atomic E-state index is 0.0524. The van der Waals surface area contributed by atoms with Gasteiger partial charge in [-0.3, -0.25) is 14.2 Å². The van der Waals surface area contributed by atoms with Gasteiger partial charge in [0.25, 0.3) is 5.56 Å². The second kappa shape index (κ2) is 3.99. The number of aryl methyl sites for hydroxylation is 1. The number of carboxylic acid groups (broad SMARTS) is 1. The van der Waals surface area contributed by atoms with Gasteiger partial charge in [-0.2, -0.15) is 4.39 Å². The molecular weight excluding hydrogens is 191 g/mol.